The fraction of sp³-hybridized carbons (Fsp3) is 0.700. The predicted octanol–water partition coefficient (Wildman–Crippen LogP) is 4.81. The predicted molar refractivity (Wildman–Crippen MR) is 152 cm³/mol. The van der Waals surface area contributed by atoms with E-state index in [-0.39, 0.29) is 13.4 Å². The molecular weight excluding hydrogens is 470 g/mol. The molecule has 1 atom stereocenters. The van der Waals surface area contributed by atoms with Crippen LogP contribution in [0.15, 0.2) is 48.6 Å². The van der Waals surface area contributed by atoms with Crippen molar-refractivity contribution >= 4 is 5.71 Å². The van der Waals surface area contributed by atoms with E-state index in [4.69, 9.17) is 28.8 Å². The van der Waals surface area contributed by atoms with Crippen LogP contribution in [-0.2, 0) is 23.7 Å². The lowest BCUT2D eigenvalue weighted by molar-refractivity contribution is -0.540. The molecule has 0 aliphatic rings. The van der Waals surface area contributed by atoms with Gasteiger partial charge in [0.2, 0.25) is 0 Å². The maximum atomic E-state index is 8.61. The summed E-state index contributed by atoms with van der Waals surface area (Å²) in [7, 11) is 0. The highest BCUT2D eigenvalue weighted by molar-refractivity contribution is 5.73. The van der Waals surface area contributed by atoms with E-state index in [0.717, 1.165) is 25.9 Å². The smallest absolute Gasteiger partial charge is 0.166 e. The Morgan fingerprint density at radius 2 is 1.46 bits per heavy atom. The third-order valence-electron chi connectivity index (χ3n) is 5.79. The summed E-state index contributed by atoms with van der Waals surface area (Å²) in [6, 6.07) is 0. The maximum absolute atomic E-state index is 8.61. The third kappa shape index (κ3) is 22.1. The molecule has 0 amide bonds. The SMILES string of the molecule is C=CC=C(C=CC=CCC(C[N+](CCOCOCCOCCOCCOCCO)=C(C)C)C(C)C)CC. The zero-order valence-corrected chi connectivity index (χ0v) is 24.2. The summed E-state index contributed by atoms with van der Waals surface area (Å²) >= 11 is 0. The molecule has 7 nitrogen and oxygen atoms in total. The number of allylic oxidation sites excluding steroid dienone is 7. The molecule has 0 aromatic rings. The molecule has 0 aromatic heterocycles. The first-order valence-corrected chi connectivity index (χ1v) is 13.7. The normalized spacial score (nSPS) is 13.2. The minimum absolute atomic E-state index is 0.0338. The van der Waals surface area contributed by atoms with Gasteiger partial charge in [0.1, 0.15) is 25.7 Å². The molecule has 0 radical (unpaired) electrons. The Balaban J connectivity index is 4.10. The second kappa shape index (κ2) is 26.0. The molecule has 0 spiro atoms. The van der Waals surface area contributed by atoms with Crippen molar-refractivity contribution in [3.63, 3.8) is 0 Å². The molecule has 0 bridgehead atoms. The number of aliphatic hydroxyl groups is 1. The van der Waals surface area contributed by atoms with E-state index in [1.165, 1.54) is 11.3 Å². The summed E-state index contributed by atoms with van der Waals surface area (Å²) < 4.78 is 29.5. The highest BCUT2D eigenvalue weighted by Crippen LogP contribution is 2.17. The Morgan fingerprint density at radius 3 is 2.00 bits per heavy atom. The Morgan fingerprint density at radius 1 is 0.865 bits per heavy atom. The van der Waals surface area contributed by atoms with Crippen LogP contribution in [0.2, 0.25) is 0 Å². The number of hydrogen-bond acceptors (Lipinski definition) is 6. The summed E-state index contributed by atoms with van der Waals surface area (Å²) in [4.78, 5) is 0. The molecule has 0 saturated carbocycles. The van der Waals surface area contributed by atoms with Crippen LogP contribution in [0.25, 0.3) is 0 Å². The molecule has 0 aromatic carbocycles. The fourth-order valence-corrected chi connectivity index (χ4v) is 3.37. The third-order valence-corrected chi connectivity index (χ3v) is 5.79. The number of aliphatic hydroxyl groups excluding tert-OH is 1. The van der Waals surface area contributed by atoms with Gasteiger partial charge in [0.25, 0.3) is 0 Å². The average Bonchev–Trinajstić information content (AvgIpc) is 2.87. The Bertz CT molecular complexity index is 665. The van der Waals surface area contributed by atoms with Gasteiger partial charge in [0, 0.05) is 19.8 Å². The summed E-state index contributed by atoms with van der Waals surface area (Å²) in [5.41, 5.74) is 2.58. The van der Waals surface area contributed by atoms with Gasteiger partial charge in [-0.1, -0.05) is 63.8 Å². The van der Waals surface area contributed by atoms with Gasteiger partial charge in [-0.05, 0) is 24.3 Å². The quantitative estimate of drug-likeness (QED) is 0.0608. The van der Waals surface area contributed by atoms with Crippen molar-refractivity contribution in [1.29, 1.82) is 0 Å². The van der Waals surface area contributed by atoms with E-state index < -0.39 is 0 Å². The van der Waals surface area contributed by atoms with Crippen LogP contribution in [0.3, 0.4) is 0 Å². The minimum Gasteiger partial charge on any atom is -0.394 e. The Labute approximate surface area is 226 Å². The topological polar surface area (TPSA) is 69.4 Å². The molecule has 0 saturated heterocycles. The monoisotopic (exact) mass is 524 g/mol. The minimum atomic E-state index is 0.0338. The largest absolute Gasteiger partial charge is 0.394 e. The molecule has 37 heavy (non-hydrogen) atoms. The lowest BCUT2D eigenvalue weighted by Crippen LogP contribution is -2.30. The zero-order valence-electron chi connectivity index (χ0n) is 24.2. The summed E-state index contributed by atoms with van der Waals surface area (Å²) in [6.07, 6.45) is 14.6. The summed E-state index contributed by atoms with van der Waals surface area (Å²) in [6.45, 7) is 21.0. The second-order valence-electron chi connectivity index (χ2n) is 9.25. The zero-order chi connectivity index (χ0) is 27.6. The van der Waals surface area contributed by atoms with E-state index >= 15 is 0 Å². The van der Waals surface area contributed by atoms with Crippen LogP contribution in [0.4, 0.5) is 0 Å². The molecule has 0 fully saturated rings. The van der Waals surface area contributed by atoms with Gasteiger partial charge < -0.3 is 28.8 Å². The maximum Gasteiger partial charge on any atom is 0.166 e. The van der Waals surface area contributed by atoms with Gasteiger partial charge in [-0.15, -0.1) is 0 Å². The molecule has 214 valence electrons. The van der Waals surface area contributed by atoms with Crippen molar-refractivity contribution < 1.29 is 33.4 Å². The van der Waals surface area contributed by atoms with E-state index in [1.54, 1.807) is 0 Å². The second-order valence-corrected chi connectivity index (χ2v) is 9.25. The molecule has 0 aliphatic carbocycles. The van der Waals surface area contributed by atoms with E-state index in [9.17, 15) is 0 Å². The van der Waals surface area contributed by atoms with Crippen molar-refractivity contribution in [2.24, 2.45) is 11.8 Å². The summed E-state index contributed by atoms with van der Waals surface area (Å²) in [5, 5.41) is 8.61. The number of nitrogens with zero attached hydrogens (tertiary/aromatic N) is 1. The first-order chi connectivity index (χ1) is 18.0. The molecule has 7 heteroatoms. The highest BCUT2D eigenvalue weighted by Gasteiger charge is 2.19. The first kappa shape index (κ1) is 35.4. The highest BCUT2D eigenvalue weighted by atomic mass is 16.7. The van der Waals surface area contributed by atoms with Gasteiger partial charge in [0.05, 0.1) is 52.9 Å². The van der Waals surface area contributed by atoms with Gasteiger partial charge in [-0.25, -0.2) is 4.58 Å². The van der Waals surface area contributed by atoms with E-state index in [0.29, 0.717) is 64.7 Å². The average molecular weight is 525 g/mol. The van der Waals surface area contributed by atoms with Crippen LogP contribution < -0.4 is 0 Å². The lowest BCUT2D eigenvalue weighted by atomic mass is 9.92. The van der Waals surface area contributed by atoms with Crippen molar-refractivity contribution in [2.75, 3.05) is 79.3 Å². The molecule has 0 aliphatic heterocycles. The van der Waals surface area contributed by atoms with Crippen LogP contribution in [0, 0.1) is 11.8 Å². The van der Waals surface area contributed by atoms with E-state index in [1.807, 2.05) is 6.08 Å². The van der Waals surface area contributed by atoms with Crippen LogP contribution >= 0.6 is 0 Å². The lowest BCUT2D eigenvalue weighted by Gasteiger charge is -2.18. The number of hydrogen-bond donors (Lipinski definition) is 1. The molecular formula is C30H54NO6+. The number of ether oxygens (including phenoxy) is 5. The first-order valence-electron chi connectivity index (χ1n) is 13.7. The number of rotatable bonds is 25. The molecule has 0 rings (SSSR count). The van der Waals surface area contributed by atoms with Crippen molar-refractivity contribution in [1.82, 2.24) is 0 Å². The molecule has 0 heterocycles. The van der Waals surface area contributed by atoms with Crippen molar-refractivity contribution in [3.05, 3.63) is 48.6 Å². The van der Waals surface area contributed by atoms with Crippen LogP contribution in [0.5, 0.6) is 0 Å². The summed E-state index contributed by atoms with van der Waals surface area (Å²) in [5.74, 6) is 1.16. The van der Waals surface area contributed by atoms with Gasteiger partial charge in [-0.3, -0.25) is 0 Å². The Kier molecular flexibility index (Phi) is 24.9. The van der Waals surface area contributed by atoms with Gasteiger partial charge in [0.15, 0.2) is 6.54 Å². The van der Waals surface area contributed by atoms with Crippen LogP contribution in [0.1, 0.15) is 47.5 Å². The Hall–Kier alpha value is -1.61. The van der Waals surface area contributed by atoms with Gasteiger partial charge in [-0.2, -0.15) is 0 Å². The molecule has 1 unspecified atom stereocenters. The van der Waals surface area contributed by atoms with Gasteiger partial charge >= 0.3 is 0 Å². The van der Waals surface area contributed by atoms with Crippen molar-refractivity contribution in [3.8, 4) is 0 Å². The molecule has 1 N–H and O–H groups in total. The standard InChI is InChI=1S/C30H54NO6/c1-7-12-29(8-2)13-10-9-11-14-30(27(3)4)25-31(28(5)6)15-17-36-26-37-24-23-35-22-21-34-20-19-33-18-16-32/h7,9-13,27,30,32H,1,8,14-26H2,2-6H3/q+1. The van der Waals surface area contributed by atoms with Crippen LogP contribution in [-0.4, -0.2) is 94.7 Å². The van der Waals surface area contributed by atoms with Crippen molar-refractivity contribution in [2.45, 2.75) is 47.5 Å². The van der Waals surface area contributed by atoms with E-state index in [2.05, 4.69) is 76.2 Å². The fourth-order valence-electron chi connectivity index (χ4n) is 3.37.